The van der Waals surface area contributed by atoms with Crippen LogP contribution in [-0.2, 0) is 13.9 Å². The molecule has 0 heterocycles. The van der Waals surface area contributed by atoms with E-state index in [-0.39, 0.29) is 10.5 Å². The van der Waals surface area contributed by atoms with Crippen LogP contribution in [0.15, 0.2) is 11.1 Å². The van der Waals surface area contributed by atoms with Crippen LogP contribution in [0.1, 0.15) is 79.1 Å². The third kappa shape index (κ3) is 3.76. The van der Waals surface area contributed by atoms with Crippen LogP contribution in [0.25, 0.3) is 0 Å². The summed E-state index contributed by atoms with van der Waals surface area (Å²) in [7, 11) is 1.78. The Bertz CT molecular complexity index is 796. The van der Waals surface area contributed by atoms with Crippen LogP contribution in [0.2, 0.25) is 18.1 Å². The molecule has 0 bridgehead atoms. The van der Waals surface area contributed by atoms with Gasteiger partial charge in [0.2, 0.25) is 0 Å². The Morgan fingerprint density at radius 2 is 1.75 bits per heavy atom. The van der Waals surface area contributed by atoms with E-state index in [9.17, 15) is 0 Å². The summed E-state index contributed by atoms with van der Waals surface area (Å²) in [5.41, 5.74) is 3.52. The molecular formula is C28H46O3Si. The lowest BCUT2D eigenvalue weighted by atomic mass is 9.51. The molecule has 4 rings (SSSR count). The van der Waals surface area contributed by atoms with Crippen LogP contribution >= 0.6 is 0 Å². The van der Waals surface area contributed by atoms with Crippen molar-refractivity contribution in [2.45, 2.75) is 109 Å². The lowest BCUT2D eigenvalue weighted by Crippen LogP contribution is -2.52. The van der Waals surface area contributed by atoms with E-state index in [1.807, 2.05) is 0 Å². The lowest BCUT2D eigenvalue weighted by Gasteiger charge is -2.55. The SMILES string of the molecule is C#C[C@@H]1CC2=C(CCC(OC)(OC)C2)[C@H]2CC[C@]3(C)[C@@H](O[Si](C)(C)C(C)(C)C)CC[C@H]3[C@H]12. The van der Waals surface area contributed by atoms with Gasteiger partial charge < -0.3 is 13.9 Å². The maximum Gasteiger partial charge on any atom is 0.192 e. The molecule has 0 amide bonds. The maximum atomic E-state index is 7.09. The van der Waals surface area contributed by atoms with E-state index in [1.54, 1.807) is 25.4 Å². The maximum absolute atomic E-state index is 7.09. The summed E-state index contributed by atoms with van der Waals surface area (Å²) in [5.74, 6) is 5.09. The highest BCUT2D eigenvalue weighted by atomic mass is 28.4. The highest BCUT2D eigenvalue weighted by molar-refractivity contribution is 6.74. The third-order valence-corrected chi connectivity index (χ3v) is 15.0. The predicted octanol–water partition coefficient (Wildman–Crippen LogP) is 6.94. The molecule has 0 aromatic carbocycles. The predicted molar refractivity (Wildman–Crippen MR) is 134 cm³/mol. The second-order valence-electron chi connectivity index (χ2n) is 12.9. The molecule has 0 aromatic heterocycles. The molecule has 4 aliphatic rings. The number of rotatable bonds is 4. The van der Waals surface area contributed by atoms with E-state index in [0.717, 1.165) is 25.7 Å². The summed E-state index contributed by atoms with van der Waals surface area (Å²) < 4.78 is 18.8. The minimum Gasteiger partial charge on any atom is -0.413 e. The van der Waals surface area contributed by atoms with Gasteiger partial charge in [0.1, 0.15) is 0 Å². The normalized spacial score (nSPS) is 39.2. The fraction of sp³-hybridized carbons (Fsp3) is 0.857. The van der Waals surface area contributed by atoms with E-state index in [4.69, 9.17) is 20.3 Å². The Morgan fingerprint density at radius 3 is 2.34 bits per heavy atom. The average molecular weight is 459 g/mol. The summed E-state index contributed by atoms with van der Waals surface area (Å²) in [6, 6.07) is 0. The molecule has 6 atom stereocenters. The first-order chi connectivity index (χ1) is 14.9. The van der Waals surface area contributed by atoms with Crippen molar-refractivity contribution >= 4 is 8.32 Å². The quantitative estimate of drug-likeness (QED) is 0.198. The van der Waals surface area contributed by atoms with Crippen LogP contribution in [0.5, 0.6) is 0 Å². The van der Waals surface area contributed by atoms with Crippen molar-refractivity contribution in [3.63, 3.8) is 0 Å². The van der Waals surface area contributed by atoms with Gasteiger partial charge in [0.05, 0.1) is 6.10 Å². The van der Waals surface area contributed by atoms with Gasteiger partial charge in [-0.25, -0.2) is 0 Å². The standard InChI is InChI=1S/C28H46O3Si/c1-10-19-17-20-18-28(29-6,30-7)16-14-21(20)22-13-15-27(5)23(25(19)22)11-12-24(27)31-32(8,9)26(2,3)4/h1,19,22-25H,11-18H2,2-9H3/t19-,22-,23+,24+,25-,27+/m1/s1. The smallest absolute Gasteiger partial charge is 0.192 e. The zero-order valence-corrected chi connectivity index (χ0v) is 22.8. The van der Waals surface area contributed by atoms with Gasteiger partial charge >= 0.3 is 0 Å². The Balaban J connectivity index is 1.61. The molecular weight excluding hydrogens is 412 g/mol. The molecule has 0 N–H and O–H groups in total. The van der Waals surface area contributed by atoms with Crippen LogP contribution in [0.3, 0.4) is 0 Å². The summed E-state index contributed by atoms with van der Waals surface area (Å²) >= 11 is 0. The van der Waals surface area contributed by atoms with E-state index in [0.29, 0.717) is 29.8 Å². The summed E-state index contributed by atoms with van der Waals surface area (Å²) in [6.45, 7) is 14.4. The number of allylic oxidation sites excluding steroid dienone is 1. The highest BCUT2D eigenvalue weighted by Crippen LogP contribution is 2.64. The molecule has 0 unspecified atom stereocenters. The average Bonchev–Trinajstić information content (AvgIpc) is 3.07. The van der Waals surface area contributed by atoms with Gasteiger partial charge in [-0.15, -0.1) is 12.3 Å². The van der Waals surface area contributed by atoms with Gasteiger partial charge in [0, 0.05) is 33.0 Å². The fourth-order valence-electron chi connectivity index (χ4n) is 7.52. The molecule has 0 spiro atoms. The minimum absolute atomic E-state index is 0.252. The molecule has 0 saturated heterocycles. The monoisotopic (exact) mass is 458 g/mol. The third-order valence-electron chi connectivity index (χ3n) is 10.5. The van der Waals surface area contributed by atoms with E-state index >= 15 is 0 Å². The van der Waals surface area contributed by atoms with Crippen molar-refractivity contribution in [3.05, 3.63) is 11.1 Å². The molecule has 0 aromatic rings. The van der Waals surface area contributed by atoms with E-state index in [2.05, 4.69) is 46.7 Å². The van der Waals surface area contributed by atoms with Crippen LogP contribution in [0, 0.1) is 41.4 Å². The summed E-state index contributed by atoms with van der Waals surface area (Å²) in [5, 5.41) is 0.252. The van der Waals surface area contributed by atoms with Gasteiger partial charge in [-0.2, -0.15) is 0 Å². The summed E-state index contributed by atoms with van der Waals surface area (Å²) in [4.78, 5) is 0. The van der Waals surface area contributed by atoms with Crippen LogP contribution < -0.4 is 0 Å². The molecule has 3 nitrogen and oxygen atoms in total. The Labute approximate surface area is 198 Å². The first-order valence-electron chi connectivity index (χ1n) is 12.9. The Morgan fingerprint density at radius 1 is 1.06 bits per heavy atom. The zero-order chi connectivity index (χ0) is 23.5. The van der Waals surface area contributed by atoms with Crippen molar-refractivity contribution in [2.75, 3.05) is 14.2 Å². The van der Waals surface area contributed by atoms with Crippen LogP contribution in [0.4, 0.5) is 0 Å². The molecule has 32 heavy (non-hydrogen) atoms. The molecule has 2 saturated carbocycles. The van der Waals surface area contributed by atoms with Crippen molar-refractivity contribution in [3.8, 4) is 12.3 Å². The van der Waals surface area contributed by atoms with Crippen molar-refractivity contribution in [1.29, 1.82) is 0 Å². The van der Waals surface area contributed by atoms with Crippen molar-refractivity contribution in [2.24, 2.45) is 29.1 Å². The highest BCUT2D eigenvalue weighted by Gasteiger charge is 2.59. The molecule has 4 aliphatic carbocycles. The summed E-state index contributed by atoms with van der Waals surface area (Å²) in [6.07, 6.45) is 15.6. The molecule has 2 fully saturated rings. The molecule has 180 valence electrons. The van der Waals surface area contributed by atoms with Crippen LogP contribution in [-0.4, -0.2) is 34.4 Å². The molecule has 0 aliphatic heterocycles. The largest absolute Gasteiger partial charge is 0.413 e. The Hall–Kier alpha value is -0.603. The number of ether oxygens (including phenoxy) is 2. The van der Waals surface area contributed by atoms with Crippen molar-refractivity contribution in [1.82, 2.24) is 0 Å². The van der Waals surface area contributed by atoms with Gasteiger partial charge in [-0.05, 0) is 79.8 Å². The van der Waals surface area contributed by atoms with E-state index in [1.165, 1.54) is 25.7 Å². The Kier molecular flexibility index (Phi) is 6.33. The number of fused-ring (bicyclic) bond motifs is 4. The number of methoxy groups -OCH3 is 2. The van der Waals surface area contributed by atoms with Crippen molar-refractivity contribution < 1.29 is 13.9 Å². The fourth-order valence-corrected chi connectivity index (χ4v) is 8.98. The van der Waals surface area contributed by atoms with Gasteiger partial charge in [0.25, 0.3) is 0 Å². The number of terminal acetylenes is 1. The zero-order valence-electron chi connectivity index (χ0n) is 21.8. The lowest BCUT2D eigenvalue weighted by molar-refractivity contribution is -0.213. The van der Waals surface area contributed by atoms with E-state index < -0.39 is 14.1 Å². The topological polar surface area (TPSA) is 27.7 Å². The first-order valence-corrected chi connectivity index (χ1v) is 15.8. The molecule has 0 radical (unpaired) electrons. The number of hydrogen-bond donors (Lipinski definition) is 0. The van der Waals surface area contributed by atoms with Gasteiger partial charge in [0.15, 0.2) is 14.1 Å². The first kappa shape index (κ1) is 24.5. The minimum atomic E-state index is -1.79. The number of hydrogen-bond acceptors (Lipinski definition) is 3. The second-order valence-corrected chi connectivity index (χ2v) is 17.6. The van der Waals surface area contributed by atoms with Gasteiger partial charge in [-0.3, -0.25) is 0 Å². The van der Waals surface area contributed by atoms with Gasteiger partial charge in [-0.1, -0.05) is 38.8 Å². The second kappa shape index (κ2) is 8.26. The molecule has 4 heteroatoms.